The molecule has 3 atom stereocenters. The van der Waals surface area contributed by atoms with Gasteiger partial charge in [0, 0.05) is 12.5 Å². The number of halogens is 1. The zero-order valence-electron chi connectivity index (χ0n) is 14.9. The third kappa shape index (κ3) is 3.64. The van der Waals surface area contributed by atoms with Gasteiger partial charge in [-0.3, -0.25) is 9.69 Å². The molecule has 1 saturated carbocycles. The van der Waals surface area contributed by atoms with E-state index < -0.39 is 5.54 Å². The maximum absolute atomic E-state index is 12.9. The number of nitrogens with zero attached hydrogens (tertiary/aromatic N) is 3. The van der Waals surface area contributed by atoms with Crippen molar-refractivity contribution in [3.8, 4) is 0 Å². The summed E-state index contributed by atoms with van der Waals surface area (Å²) in [5.41, 5.74) is -0.751. The van der Waals surface area contributed by atoms with E-state index in [1.165, 1.54) is 4.90 Å². The normalized spacial score (nSPS) is 27.3. The Hall–Kier alpha value is -1.67. The van der Waals surface area contributed by atoms with Crippen molar-refractivity contribution in [3.63, 3.8) is 0 Å². The molecule has 9 heteroatoms. The van der Waals surface area contributed by atoms with Crippen molar-refractivity contribution in [1.82, 2.24) is 25.7 Å². The van der Waals surface area contributed by atoms with Crippen molar-refractivity contribution in [2.24, 2.45) is 5.92 Å². The minimum absolute atomic E-state index is 0. The van der Waals surface area contributed by atoms with E-state index in [4.69, 9.17) is 4.52 Å². The fourth-order valence-corrected chi connectivity index (χ4v) is 3.59. The molecule has 140 valence electrons. The maximum Gasteiger partial charge on any atom is 0.325 e. The van der Waals surface area contributed by atoms with Crippen molar-refractivity contribution in [2.45, 2.75) is 64.1 Å². The fraction of sp³-hybridized carbons (Fsp3) is 0.750. The SMILES string of the molecule is CNC(C)Cc1noc(CN2C(=O)NC3(CCCCC3C)C2=O)n1.Cl. The highest BCUT2D eigenvalue weighted by atomic mass is 35.5. The van der Waals surface area contributed by atoms with Gasteiger partial charge in [0.1, 0.15) is 12.1 Å². The number of imide groups is 1. The summed E-state index contributed by atoms with van der Waals surface area (Å²) in [6, 6.07) is -0.143. The van der Waals surface area contributed by atoms with E-state index in [1.807, 2.05) is 20.9 Å². The second kappa shape index (κ2) is 7.70. The third-order valence-corrected chi connectivity index (χ3v) is 5.29. The number of hydrogen-bond donors (Lipinski definition) is 2. The Bertz CT molecular complexity index is 637. The third-order valence-electron chi connectivity index (χ3n) is 5.29. The van der Waals surface area contributed by atoms with Crippen LogP contribution in [0.1, 0.15) is 51.2 Å². The number of amides is 3. The first-order chi connectivity index (χ1) is 11.5. The van der Waals surface area contributed by atoms with Crippen molar-refractivity contribution in [2.75, 3.05) is 7.05 Å². The summed E-state index contributed by atoms with van der Waals surface area (Å²) in [6.45, 7) is 4.08. The van der Waals surface area contributed by atoms with Gasteiger partial charge in [0.05, 0.1) is 0 Å². The number of urea groups is 1. The number of aromatic nitrogens is 2. The van der Waals surface area contributed by atoms with Crippen molar-refractivity contribution < 1.29 is 14.1 Å². The standard InChI is InChI=1S/C16H25N5O3.ClH/c1-10-6-4-5-7-16(10)14(22)21(15(23)19-16)9-13-18-12(20-24-13)8-11(2)17-3;/h10-11,17H,4-9H2,1-3H3,(H,19,23);1H. The Morgan fingerprint density at radius 1 is 1.44 bits per heavy atom. The Morgan fingerprint density at radius 3 is 2.88 bits per heavy atom. The van der Waals surface area contributed by atoms with Gasteiger partial charge in [-0.2, -0.15) is 4.98 Å². The van der Waals surface area contributed by atoms with E-state index in [2.05, 4.69) is 20.8 Å². The van der Waals surface area contributed by atoms with Gasteiger partial charge in [-0.05, 0) is 32.7 Å². The molecular formula is C16H26ClN5O3. The van der Waals surface area contributed by atoms with Gasteiger partial charge < -0.3 is 15.2 Å². The Kier molecular flexibility index (Phi) is 6.05. The molecule has 2 N–H and O–H groups in total. The summed E-state index contributed by atoms with van der Waals surface area (Å²) in [7, 11) is 1.86. The molecule has 3 unspecified atom stereocenters. The van der Waals surface area contributed by atoms with Crippen LogP contribution in [-0.2, 0) is 17.8 Å². The number of likely N-dealkylation sites (N-methyl/N-ethyl adjacent to an activating group) is 1. The first kappa shape index (κ1) is 19.7. The van der Waals surface area contributed by atoms with Crippen LogP contribution in [0.4, 0.5) is 4.79 Å². The van der Waals surface area contributed by atoms with Gasteiger partial charge in [0.2, 0.25) is 5.89 Å². The van der Waals surface area contributed by atoms with Crippen LogP contribution < -0.4 is 10.6 Å². The first-order valence-corrected chi connectivity index (χ1v) is 8.59. The van der Waals surface area contributed by atoms with E-state index in [0.29, 0.717) is 18.7 Å². The number of carbonyl (C=O) groups excluding carboxylic acids is 2. The molecule has 1 spiro atoms. The van der Waals surface area contributed by atoms with Gasteiger partial charge >= 0.3 is 6.03 Å². The molecule has 8 nitrogen and oxygen atoms in total. The highest BCUT2D eigenvalue weighted by molar-refractivity contribution is 6.07. The van der Waals surface area contributed by atoms with Crippen LogP contribution in [0.5, 0.6) is 0 Å². The lowest BCUT2D eigenvalue weighted by Gasteiger charge is -2.36. The maximum atomic E-state index is 12.9. The van der Waals surface area contributed by atoms with Gasteiger partial charge in [-0.1, -0.05) is 24.9 Å². The molecule has 1 saturated heterocycles. The molecule has 2 heterocycles. The van der Waals surface area contributed by atoms with Crippen molar-refractivity contribution >= 4 is 24.3 Å². The Balaban J connectivity index is 0.00000225. The Morgan fingerprint density at radius 2 is 2.20 bits per heavy atom. The Labute approximate surface area is 153 Å². The van der Waals surface area contributed by atoms with Crippen LogP contribution >= 0.6 is 12.4 Å². The molecule has 2 fully saturated rings. The molecule has 1 aromatic rings. The van der Waals surface area contributed by atoms with E-state index in [1.54, 1.807) is 0 Å². The van der Waals surface area contributed by atoms with Crippen molar-refractivity contribution in [1.29, 1.82) is 0 Å². The van der Waals surface area contributed by atoms with Crippen LogP contribution in [0, 0.1) is 5.92 Å². The lowest BCUT2D eigenvalue weighted by atomic mass is 9.73. The topological polar surface area (TPSA) is 100 Å². The van der Waals surface area contributed by atoms with Crippen LogP contribution in [0.3, 0.4) is 0 Å². The predicted molar refractivity (Wildman–Crippen MR) is 93.2 cm³/mol. The number of rotatable bonds is 5. The molecule has 2 aliphatic rings. The smallest absolute Gasteiger partial charge is 0.325 e. The highest BCUT2D eigenvalue weighted by Gasteiger charge is 2.55. The number of carbonyl (C=O) groups is 2. The summed E-state index contributed by atoms with van der Waals surface area (Å²) in [5.74, 6) is 0.836. The second-order valence-electron chi connectivity index (χ2n) is 6.94. The quantitative estimate of drug-likeness (QED) is 0.763. The molecule has 3 amide bonds. The molecule has 0 radical (unpaired) electrons. The molecule has 25 heavy (non-hydrogen) atoms. The zero-order chi connectivity index (χ0) is 17.3. The second-order valence-corrected chi connectivity index (χ2v) is 6.94. The fourth-order valence-electron chi connectivity index (χ4n) is 3.59. The average Bonchev–Trinajstić information content (AvgIpc) is 3.09. The van der Waals surface area contributed by atoms with E-state index in [-0.39, 0.29) is 48.7 Å². The number of nitrogens with one attached hydrogen (secondary N) is 2. The average molecular weight is 372 g/mol. The predicted octanol–water partition coefficient (Wildman–Crippen LogP) is 1.64. The summed E-state index contributed by atoms with van der Waals surface area (Å²) in [6.07, 6.45) is 4.33. The summed E-state index contributed by atoms with van der Waals surface area (Å²) in [5, 5.41) is 9.95. The molecule has 0 bridgehead atoms. The molecule has 1 aliphatic heterocycles. The van der Waals surface area contributed by atoms with Gasteiger partial charge in [-0.25, -0.2) is 4.79 Å². The van der Waals surface area contributed by atoms with Gasteiger partial charge in [0.25, 0.3) is 5.91 Å². The van der Waals surface area contributed by atoms with E-state index in [9.17, 15) is 9.59 Å². The van der Waals surface area contributed by atoms with E-state index in [0.717, 1.165) is 19.3 Å². The van der Waals surface area contributed by atoms with Crippen LogP contribution in [0.15, 0.2) is 4.52 Å². The first-order valence-electron chi connectivity index (χ1n) is 8.59. The lowest BCUT2D eigenvalue weighted by Crippen LogP contribution is -2.53. The summed E-state index contributed by atoms with van der Waals surface area (Å²) >= 11 is 0. The molecule has 1 aromatic heterocycles. The van der Waals surface area contributed by atoms with Crippen LogP contribution in [0.25, 0.3) is 0 Å². The van der Waals surface area contributed by atoms with E-state index >= 15 is 0 Å². The minimum Gasteiger partial charge on any atom is -0.337 e. The molecule has 3 rings (SSSR count). The van der Waals surface area contributed by atoms with Crippen molar-refractivity contribution in [3.05, 3.63) is 11.7 Å². The van der Waals surface area contributed by atoms with Gasteiger partial charge in [-0.15, -0.1) is 12.4 Å². The van der Waals surface area contributed by atoms with Crippen LogP contribution in [0.2, 0.25) is 0 Å². The molecule has 1 aliphatic carbocycles. The molecular weight excluding hydrogens is 346 g/mol. The lowest BCUT2D eigenvalue weighted by molar-refractivity contribution is -0.134. The summed E-state index contributed by atoms with van der Waals surface area (Å²) < 4.78 is 5.21. The minimum atomic E-state index is -0.751. The van der Waals surface area contributed by atoms with Gasteiger partial charge in [0.15, 0.2) is 5.82 Å². The number of hydrogen-bond acceptors (Lipinski definition) is 6. The zero-order valence-corrected chi connectivity index (χ0v) is 15.7. The molecule has 0 aromatic carbocycles. The monoisotopic (exact) mass is 371 g/mol. The largest absolute Gasteiger partial charge is 0.337 e. The highest BCUT2D eigenvalue weighted by Crippen LogP contribution is 2.38. The summed E-state index contributed by atoms with van der Waals surface area (Å²) in [4.78, 5) is 30.7. The van der Waals surface area contributed by atoms with Crippen LogP contribution in [-0.4, -0.2) is 45.6 Å².